The molecule has 0 radical (unpaired) electrons. The van der Waals surface area contributed by atoms with Gasteiger partial charge in [0.05, 0.1) is 6.10 Å². The fourth-order valence-corrected chi connectivity index (χ4v) is 3.12. The second-order valence-electron chi connectivity index (χ2n) is 5.34. The molecule has 0 saturated carbocycles. The van der Waals surface area contributed by atoms with Crippen molar-refractivity contribution in [3.63, 3.8) is 0 Å². The van der Waals surface area contributed by atoms with Crippen LogP contribution in [0.15, 0.2) is 24.3 Å². The monoisotopic (exact) mass is 244 g/mol. The Morgan fingerprint density at radius 2 is 2.11 bits per heavy atom. The van der Waals surface area contributed by atoms with Crippen LogP contribution in [0.1, 0.15) is 18.2 Å². The predicted octanol–water partition coefficient (Wildman–Crippen LogP) is 1.92. The third-order valence-corrected chi connectivity index (χ3v) is 3.91. The lowest BCUT2D eigenvalue weighted by atomic mass is 10.0. The van der Waals surface area contributed by atoms with Crippen molar-refractivity contribution in [1.29, 1.82) is 0 Å². The van der Waals surface area contributed by atoms with Crippen LogP contribution in [0, 0.1) is 0 Å². The molecule has 1 aliphatic heterocycles. The number of para-hydroxylation sites is 1. The minimum atomic E-state index is -0.249. The van der Waals surface area contributed by atoms with Crippen LogP contribution in [-0.4, -0.2) is 33.8 Å². The number of aryl methyl sites for hydroxylation is 1. The normalized spacial score (nSPS) is 17.9. The first-order chi connectivity index (χ1) is 8.66. The smallest absolute Gasteiger partial charge is 0.0639 e. The third kappa shape index (κ3) is 1.84. The number of aliphatic hydroxyl groups excluding tert-OH is 1. The van der Waals surface area contributed by atoms with E-state index in [-0.39, 0.29) is 6.10 Å². The Labute approximate surface area is 108 Å². The van der Waals surface area contributed by atoms with Crippen molar-refractivity contribution < 1.29 is 5.11 Å². The molecule has 0 spiro atoms. The van der Waals surface area contributed by atoms with Crippen molar-refractivity contribution >= 4 is 10.9 Å². The van der Waals surface area contributed by atoms with Crippen LogP contribution in [0.4, 0.5) is 0 Å². The SMILES string of the molecule is CC(O)CN1CCc2c(c3ccccc3n2C)C1. The number of benzene rings is 1. The predicted molar refractivity (Wildman–Crippen MR) is 73.6 cm³/mol. The Hall–Kier alpha value is -1.32. The van der Waals surface area contributed by atoms with E-state index in [4.69, 9.17) is 0 Å². The first kappa shape index (κ1) is 11.8. The maximum atomic E-state index is 9.52. The lowest BCUT2D eigenvalue weighted by Gasteiger charge is -2.28. The molecule has 0 fully saturated rings. The molecular formula is C15H20N2O. The molecule has 1 atom stereocenters. The van der Waals surface area contributed by atoms with Crippen LogP contribution in [0.25, 0.3) is 10.9 Å². The van der Waals surface area contributed by atoms with E-state index in [0.29, 0.717) is 0 Å². The lowest BCUT2D eigenvalue weighted by Crippen LogP contribution is -2.35. The van der Waals surface area contributed by atoms with Crippen LogP contribution < -0.4 is 0 Å². The highest BCUT2D eigenvalue weighted by Crippen LogP contribution is 2.29. The van der Waals surface area contributed by atoms with E-state index in [9.17, 15) is 5.11 Å². The second kappa shape index (κ2) is 4.41. The summed E-state index contributed by atoms with van der Waals surface area (Å²) in [5, 5.41) is 10.9. The zero-order valence-electron chi connectivity index (χ0n) is 11.1. The summed E-state index contributed by atoms with van der Waals surface area (Å²) in [7, 11) is 2.16. The van der Waals surface area contributed by atoms with E-state index in [1.54, 1.807) is 0 Å². The molecule has 2 aromatic rings. The number of nitrogens with zero attached hydrogens (tertiary/aromatic N) is 2. The van der Waals surface area contributed by atoms with E-state index < -0.39 is 0 Å². The molecule has 0 bridgehead atoms. The van der Waals surface area contributed by atoms with Crippen molar-refractivity contribution in [2.24, 2.45) is 7.05 Å². The van der Waals surface area contributed by atoms with Crippen molar-refractivity contribution in [3.05, 3.63) is 35.5 Å². The summed E-state index contributed by atoms with van der Waals surface area (Å²) in [6.45, 7) is 4.63. The Morgan fingerprint density at radius 3 is 2.89 bits per heavy atom. The van der Waals surface area contributed by atoms with Gasteiger partial charge < -0.3 is 9.67 Å². The molecule has 1 aliphatic rings. The van der Waals surface area contributed by atoms with Crippen molar-refractivity contribution in [2.75, 3.05) is 13.1 Å². The molecule has 1 aromatic carbocycles. The van der Waals surface area contributed by atoms with Crippen molar-refractivity contribution in [2.45, 2.75) is 26.0 Å². The molecule has 1 unspecified atom stereocenters. The average Bonchev–Trinajstić information content (AvgIpc) is 2.63. The molecule has 3 rings (SSSR count). The Balaban J connectivity index is 2.02. The van der Waals surface area contributed by atoms with Crippen molar-refractivity contribution in [1.82, 2.24) is 9.47 Å². The van der Waals surface area contributed by atoms with E-state index in [2.05, 4.69) is 40.8 Å². The topological polar surface area (TPSA) is 28.4 Å². The average molecular weight is 244 g/mol. The zero-order chi connectivity index (χ0) is 12.7. The summed E-state index contributed by atoms with van der Waals surface area (Å²) in [5.41, 5.74) is 4.22. The lowest BCUT2D eigenvalue weighted by molar-refractivity contribution is 0.119. The number of aromatic nitrogens is 1. The summed E-state index contributed by atoms with van der Waals surface area (Å²) in [5.74, 6) is 0. The first-order valence-corrected chi connectivity index (χ1v) is 6.62. The largest absolute Gasteiger partial charge is 0.392 e. The molecule has 3 heteroatoms. The summed E-state index contributed by atoms with van der Waals surface area (Å²) in [6.07, 6.45) is 0.828. The molecule has 0 amide bonds. The highest BCUT2D eigenvalue weighted by molar-refractivity contribution is 5.85. The number of rotatable bonds is 2. The number of β-amino-alcohol motifs (C(OH)–C–C–N with tert-alkyl or cyclic N) is 1. The molecule has 1 aromatic heterocycles. The Kier molecular flexibility index (Phi) is 2.88. The summed E-state index contributed by atoms with van der Waals surface area (Å²) in [6, 6.07) is 8.60. The zero-order valence-corrected chi connectivity index (χ0v) is 11.1. The van der Waals surface area contributed by atoms with Gasteiger partial charge in [0.25, 0.3) is 0 Å². The molecular weight excluding hydrogens is 224 g/mol. The van der Waals surface area contributed by atoms with Crippen LogP contribution in [0.3, 0.4) is 0 Å². The van der Waals surface area contributed by atoms with Gasteiger partial charge in [0.15, 0.2) is 0 Å². The van der Waals surface area contributed by atoms with E-state index >= 15 is 0 Å². The van der Waals surface area contributed by atoms with Gasteiger partial charge in [-0.25, -0.2) is 0 Å². The maximum Gasteiger partial charge on any atom is 0.0639 e. The van der Waals surface area contributed by atoms with Gasteiger partial charge in [-0.2, -0.15) is 0 Å². The molecule has 2 heterocycles. The Bertz CT molecular complexity index is 571. The quantitative estimate of drug-likeness (QED) is 0.874. The minimum Gasteiger partial charge on any atom is -0.392 e. The number of aliphatic hydroxyl groups is 1. The van der Waals surface area contributed by atoms with E-state index in [0.717, 1.165) is 26.1 Å². The third-order valence-electron chi connectivity index (χ3n) is 3.91. The molecule has 96 valence electrons. The highest BCUT2D eigenvalue weighted by Gasteiger charge is 2.22. The summed E-state index contributed by atoms with van der Waals surface area (Å²) in [4.78, 5) is 2.35. The molecule has 1 N–H and O–H groups in total. The number of hydrogen-bond acceptors (Lipinski definition) is 2. The maximum absolute atomic E-state index is 9.52. The highest BCUT2D eigenvalue weighted by atomic mass is 16.3. The summed E-state index contributed by atoms with van der Waals surface area (Å²) >= 11 is 0. The van der Waals surface area contributed by atoms with Gasteiger partial charge in [0, 0.05) is 49.7 Å². The van der Waals surface area contributed by atoms with Crippen LogP contribution in [0.2, 0.25) is 0 Å². The van der Waals surface area contributed by atoms with Gasteiger partial charge in [-0.15, -0.1) is 0 Å². The molecule has 18 heavy (non-hydrogen) atoms. The van der Waals surface area contributed by atoms with Crippen molar-refractivity contribution in [3.8, 4) is 0 Å². The van der Waals surface area contributed by atoms with Crippen LogP contribution in [0.5, 0.6) is 0 Å². The molecule has 3 nitrogen and oxygen atoms in total. The first-order valence-electron chi connectivity index (χ1n) is 6.62. The van der Waals surface area contributed by atoms with Gasteiger partial charge in [0.2, 0.25) is 0 Å². The molecule has 0 saturated heterocycles. The minimum absolute atomic E-state index is 0.249. The van der Waals surface area contributed by atoms with Crippen LogP contribution in [-0.2, 0) is 20.0 Å². The van der Waals surface area contributed by atoms with E-state index in [1.807, 2.05) is 6.92 Å². The second-order valence-corrected chi connectivity index (χ2v) is 5.34. The number of fused-ring (bicyclic) bond motifs is 3. The van der Waals surface area contributed by atoms with E-state index in [1.165, 1.54) is 22.2 Å². The fourth-order valence-electron chi connectivity index (χ4n) is 3.12. The summed E-state index contributed by atoms with van der Waals surface area (Å²) < 4.78 is 2.32. The molecule has 0 aliphatic carbocycles. The van der Waals surface area contributed by atoms with Gasteiger partial charge in [-0.1, -0.05) is 18.2 Å². The van der Waals surface area contributed by atoms with Crippen LogP contribution >= 0.6 is 0 Å². The standard InChI is InChI=1S/C15H20N2O/c1-11(18)9-17-8-7-15-13(10-17)12-5-3-4-6-14(12)16(15)2/h3-6,11,18H,7-10H2,1-2H3. The van der Waals surface area contributed by atoms with Gasteiger partial charge >= 0.3 is 0 Å². The van der Waals surface area contributed by atoms with Gasteiger partial charge in [-0.05, 0) is 18.6 Å². The number of hydrogen-bond donors (Lipinski definition) is 1. The fraction of sp³-hybridized carbons (Fsp3) is 0.467. The van der Waals surface area contributed by atoms with Gasteiger partial charge in [-0.3, -0.25) is 4.90 Å². The Morgan fingerprint density at radius 1 is 1.33 bits per heavy atom. The van der Waals surface area contributed by atoms with Gasteiger partial charge in [0.1, 0.15) is 0 Å².